The van der Waals surface area contributed by atoms with Crippen molar-refractivity contribution in [2.75, 3.05) is 20.6 Å². The van der Waals surface area contributed by atoms with Gasteiger partial charge in [0, 0.05) is 28.9 Å². The number of aliphatic hydroxyl groups excluding tert-OH is 1. The second-order valence-corrected chi connectivity index (χ2v) is 8.10. The number of hydrogen-bond acceptors (Lipinski definition) is 4. The largest absolute Gasteiger partial charge is 0.387 e. The van der Waals surface area contributed by atoms with E-state index in [2.05, 4.69) is 42.2 Å². The van der Waals surface area contributed by atoms with Gasteiger partial charge in [-0.25, -0.2) is 0 Å². The predicted octanol–water partition coefficient (Wildman–Crippen LogP) is 4.89. The molecule has 3 atom stereocenters. The van der Waals surface area contributed by atoms with E-state index < -0.39 is 6.10 Å². The van der Waals surface area contributed by atoms with Crippen molar-refractivity contribution in [3.63, 3.8) is 0 Å². The van der Waals surface area contributed by atoms with Crippen LogP contribution in [0.4, 0.5) is 0 Å². The SMILES string of the molecule is CN(C)CCC(c1ccc(Cl)cc1)c1ccccn1.C[C@H](N)[C@H](O)c1ccccc1. The molecule has 1 heterocycles. The lowest BCUT2D eigenvalue weighted by Crippen LogP contribution is -2.24. The van der Waals surface area contributed by atoms with E-state index in [1.54, 1.807) is 6.92 Å². The number of aromatic nitrogens is 1. The third kappa shape index (κ3) is 7.88. The number of hydrogen-bond donors (Lipinski definition) is 2. The molecule has 3 rings (SSSR count). The molecule has 5 heteroatoms. The van der Waals surface area contributed by atoms with Crippen molar-refractivity contribution in [3.05, 3.63) is 101 Å². The van der Waals surface area contributed by atoms with Gasteiger partial charge >= 0.3 is 0 Å². The van der Waals surface area contributed by atoms with Crippen LogP contribution in [0.15, 0.2) is 79.0 Å². The molecular formula is C25H32ClN3O. The van der Waals surface area contributed by atoms with Crippen LogP contribution >= 0.6 is 11.6 Å². The number of nitrogens with zero attached hydrogens (tertiary/aromatic N) is 2. The van der Waals surface area contributed by atoms with E-state index in [1.165, 1.54) is 5.56 Å². The third-order valence-electron chi connectivity index (χ3n) is 4.82. The summed E-state index contributed by atoms with van der Waals surface area (Å²) in [4.78, 5) is 6.70. The molecule has 160 valence electrons. The topological polar surface area (TPSA) is 62.4 Å². The summed E-state index contributed by atoms with van der Waals surface area (Å²) in [6.07, 6.45) is 2.36. The minimum atomic E-state index is -0.545. The Hall–Kier alpha value is -2.24. The number of benzene rings is 2. The standard InChI is InChI=1S/C16H19ClN2.C9H13NO/c1-19(2)12-10-15(16-5-3-4-11-18-16)13-6-8-14(17)9-7-13;1-7(10)9(11)8-5-3-2-4-6-8/h3-9,11,15H,10,12H2,1-2H3;2-7,9,11H,10H2,1H3/t;7-,9-/m.0/s1. The number of halogens is 1. The van der Waals surface area contributed by atoms with Crippen LogP contribution in [-0.4, -0.2) is 41.7 Å². The van der Waals surface area contributed by atoms with Gasteiger partial charge < -0.3 is 15.7 Å². The maximum absolute atomic E-state index is 9.47. The van der Waals surface area contributed by atoms with Gasteiger partial charge in [-0.1, -0.05) is 60.1 Å². The van der Waals surface area contributed by atoms with Gasteiger partial charge in [0.25, 0.3) is 0 Å². The minimum absolute atomic E-state index is 0.211. The molecule has 30 heavy (non-hydrogen) atoms. The second kappa shape index (κ2) is 12.5. The van der Waals surface area contributed by atoms with Crippen molar-refractivity contribution in [2.24, 2.45) is 5.73 Å². The number of pyridine rings is 1. The van der Waals surface area contributed by atoms with E-state index in [4.69, 9.17) is 17.3 Å². The molecule has 1 aromatic heterocycles. The van der Waals surface area contributed by atoms with Crippen molar-refractivity contribution in [1.82, 2.24) is 9.88 Å². The molecular weight excluding hydrogens is 394 g/mol. The Morgan fingerprint density at radius 1 is 0.933 bits per heavy atom. The average Bonchev–Trinajstić information content (AvgIpc) is 2.76. The molecule has 0 spiro atoms. The van der Waals surface area contributed by atoms with Gasteiger partial charge in [-0.2, -0.15) is 0 Å². The summed E-state index contributed by atoms with van der Waals surface area (Å²) in [6, 6.07) is 23.4. The Morgan fingerprint density at radius 2 is 1.57 bits per heavy atom. The molecule has 2 aromatic carbocycles. The monoisotopic (exact) mass is 425 g/mol. The molecule has 0 bridgehead atoms. The molecule has 0 saturated carbocycles. The van der Waals surface area contributed by atoms with Gasteiger partial charge in [0.05, 0.1) is 6.10 Å². The van der Waals surface area contributed by atoms with E-state index in [-0.39, 0.29) is 6.04 Å². The highest BCUT2D eigenvalue weighted by molar-refractivity contribution is 6.30. The molecule has 0 aliphatic rings. The molecule has 1 unspecified atom stereocenters. The lowest BCUT2D eigenvalue weighted by Gasteiger charge is -2.19. The lowest BCUT2D eigenvalue weighted by atomic mass is 9.92. The van der Waals surface area contributed by atoms with Crippen molar-refractivity contribution in [1.29, 1.82) is 0 Å². The normalized spacial score (nSPS) is 13.8. The van der Waals surface area contributed by atoms with Crippen LogP contribution in [-0.2, 0) is 0 Å². The first-order chi connectivity index (χ1) is 14.4. The van der Waals surface area contributed by atoms with Gasteiger partial charge in [0.2, 0.25) is 0 Å². The maximum Gasteiger partial charge on any atom is 0.0938 e. The quantitative estimate of drug-likeness (QED) is 0.566. The summed E-state index contributed by atoms with van der Waals surface area (Å²) in [7, 11) is 4.19. The molecule has 3 aromatic rings. The lowest BCUT2D eigenvalue weighted by molar-refractivity contribution is 0.153. The van der Waals surface area contributed by atoms with Crippen molar-refractivity contribution in [3.8, 4) is 0 Å². The molecule has 0 aliphatic carbocycles. The zero-order valence-electron chi connectivity index (χ0n) is 17.9. The molecule has 0 aliphatic heterocycles. The Labute approximate surface area is 185 Å². The van der Waals surface area contributed by atoms with Crippen LogP contribution < -0.4 is 5.73 Å². The number of aliphatic hydroxyl groups is 1. The van der Waals surface area contributed by atoms with Crippen molar-refractivity contribution >= 4 is 11.6 Å². The highest BCUT2D eigenvalue weighted by Gasteiger charge is 2.15. The number of nitrogens with two attached hydrogens (primary N) is 1. The summed E-state index contributed by atoms with van der Waals surface area (Å²) in [5.74, 6) is 0.320. The van der Waals surface area contributed by atoms with E-state index in [1.807, 2.05) is 60.8 Å². The van der Waals surface area contributed by atoms with Crippen molar-refractivity contribution < 1.29 is 5.11 Å². The minimum Gasteiger partial charge on any atom is -0.387 e. The summed E-state index contributed by atoms with van der Waals surface area (Å²) < 4.78 is 0. The van der Waals surface area contributed by atoms with Crippen LogP contribution in [0.25, 0.3) is 0 Å². The predicted molar refractivity (Wildman–Crippen MR) is 126 cm³/mol. The van der Waals surface area contributed by atoms with Gasteiger partial charge in [0.15, 0.2) is 0 Å². The molecule has 0 saturated heterocycles. The Balaban J connectivity index is 0.000000248. The third-order valence-corrected chi connectivity index (χ3v) is 5.07. The van der Waals surface area contributed by atoms with E-state index >= 15 is 0 Å². The second-order valence-electron chi connectivity index (χ2n) is 7.67. The van der Waals surface area contributed by atoms with Crippen LogP contribution in [0, 0.1) is 0 Å². The first-order valence-electron chi connectivity index (χ1n) is 10.2. The van der Waals surface area contributed by atoms with Gasteiger partial charge in [-0.15, -0.1) is 0 Å². The Bertz CT molecular complexity index is 839. The summed E-state index contributed by atoms with van der Waals surface area (Å²) >= 11 is 5.97. The zero-order chi connectivity index (χ0) is 21.9. The fourth-order valence-corrected chi connectivity index (χ4v) is 3.23. The molecule has 0 fully saturated rings. The van der Waals surface area contributed by atoms with Gasteiger partial charge in [0.1, 0.15) is 0 Å². The van der Waals surface area contributed by atoms with Crippen LogP contribution in [0.3, 0.4) is 0 Å². The first kappa shape index (κ1) is 24.0. The Kier molecular flexibility index (Phi) is 9.98. The fourth-order valence-electron chi connectivity index (χ4n) is 3.10. The van der Waals surface area contributed by atoms with E-state index in [0.717, 1.165) is 29.2 Å². The van der Waals surface area contributed by atoms with E-state index in [0.29, 0.717) is 5.92 Å². The van der Waals surface area contributed by atoms with E-state index in [9.17, 15) is 5.11 Å². The van der Waals surface area contributed by atoms with Gasteiger partial charge in [-0.05, 0) is 69.4 Å². The maximum atomic E-state index is 9.47. The summed E-state index contributed by atoms with van der Waals surface area (Å²) in [5, 5.41) is 10.2. The summed E-state index contributed by atoms with van der Waals surface area (Å²) in [6.45, 7) is 2.82. The van der Waals surface area contributed by atoms with Crippen LogP contribution in [0.5, 0.6) is 0 Å². The zero-order valence-corrected chi connectivity index (χ0v) is 18.7. The average molecular weight is 426 g/mol. The highest BCUT2D eigenvalue weighted by Crippen LogP contribution is 2.27. The molecule has 3 N–H and O–H groups in total. The number of rotatable bonds is 7. The highest BCUT2D eigenvalue weighted by atomic mass is 35.5. The molecule has 0 amide bonds. The summed E-state index contributed by atoms with van der Waals surface area (Å²) in [5.41, 5.74) is 8.78. The van der Waals surface area contributed by atoms with Crippen LogP contribution in [0.1, 0.15) is 42.2 Å². The Morgan fingerprint density at radius 3 is 2.10 bits per heavy atom. The van der Waals surface area contributed by atoms with Crippen LogP contribution in [0.2, 0.25) is 5.02 Å². The van der Waals surface area contributed by atoms with Gasteiger partial charge in [-0.3, -0.25) is 4.98 Å². The fraction of sp³-hybridized carbons (Fsp3) is 0.320. The molecule has 4 nitrogen and oxygen atoms in total. The van der Waals surface area contributed by atoms with Crippen molar-refractivity contribution in [2.45, 2.75) is 31.4 Å². The molecule has 0 radical (unpaired) electrons. The first-order valence-corrected chi connectivity index (χ1v) is 10.6. The smallest absolute Gasteiger partial charge is 0.0938 e.